The summed E-state index contributed by atoms with van der Waals surface area (Å²) in [5.74, 6) is -8.05. The fourth-order valence-corrected chi connectivity index (χ4v) is 12.2. The maximum absolute atomic E-state index is 12.5. The van der Waals surface area contributed by atoms with Crippen LogP contribution < -0.4 is 10.6 Å². The Kier molecular flexibility index (Phi) is 23.2. The molecule has 2 amide bonds. The van der Waals surface area contributed by atoms with E-state index in [0.717, 1.165) is 7.14 Å². The lowest BCUT2D eigenvalue weighted by Crippen LogP contribution is -2.34. The molecule has 0 fully saturated rings. The Morgan fingerprint density at radius 1 is 0.717 bits per heavy atom. The molecule has 4 unspecified atom stereocenters. The van der Waals surface area contributed by atoms with Crippen molar-refractivity contribution < 1.29 is 101 Å². The zero-order chi connectivity index (χ0) is 46.7. The number of anilines is 2. The molecule has 60 heavy (non-hydrogen) atoms. The minimum absolute atomic E-state index is 0.193. The van der Waals surface area contributed by atoms with E-state index in [1.54, 1.807) is 12.1 Å². The first kappa shape index (κ1) is 56.1. The number of rotatable bonds is 9. The van der Waals surface area contributed by atoms with Crippen molar-refractivity contribution in [2.45, 2.75) is 38.3 Å². The van der Waals surface area contributed by atoms with Crippen LogP contribution in [0.2, 0.25) is 0 Å². The highest BCUT2D eigenvalue weighted by molar-refractivity contribution is 14.1. The minimum atomic E-state index is -4.67. The highest BCUT2D eigenvalue weighted by atomic mass is 127. The standard InChI is InChI=1S/C15H12I3NO8.C9H6I3NO3.C6H8O6.H2O4S/c1-4(20)19-10-6(17)2-5(16)8(9(10)18)14(24)26-3-7(21)13-11(22)12(23)15(25)27-13;1-3(14)13-8-5(11)2-4(10)6(7(8)12)9(15)16;7-1-2(8)5-3(9)4(10)6(11)12-5;1-5(2,3)4/h2,7,13,21-23H,3H2,1H3,(H,19,20);2H,1H3,(H,13,14)(H,15,16);2,5,7-10H,1H2;(H2,1,2,3,4). The number of hydrogen-bond donors (Lipinski definition) is 12. The number of aromatic carboxylic acids is 1. The van der Waals surface area contributed by atoms with Gasteiger partial charge in [0.15, 0.2) is 23.7 Å². The molecule has 30 heteroatoms. The maximum atomic E-state index is 12.5. The van der Waals surface area contributed by atoms with Crippen LogP contribution in [-0.2, 0) is 43.8 Å². The molecule has 0 aliphatic carbocycles. The predicted octanol–water partition coefficient (Wildman–Crippen LogP) is 3.33. The van der Waals surface area contributed by atoms with Gasteiger partial charge in [0.25, 0.3) is 0 Å². The first-order valence-electron chi connectivity index (χ1n) is 15.1. The fraction of sp³-hybridized carbons (Fsp3) is 0.267. The van der Waals surface area contributed by atoms with Crippen LogP contribution in [0.15, 0.2) is 35.2 Å². The zero-order valence-corrected chi connectivity index (χ0v) is 43.3. The minimum Gasteiger partial charge on any atom is -0.505 e. The van der Waals surface area contributed by atoms with E-state index in [2.05, 4.69) is 42.7 Å². The van der Waals surface area contributed by atoms with Crippen molar-refractivity contribution in [2.24, 2.45) is 0 Å². The molecule has 0 saturated heterocycles. The highest BCUT2D eigenvalue weighted by Gasteiger charge is 2.40. The van der Waals surface area contributed by atoms with Gasteiger partial charge in [-0.1, -0.05) is 0 Å². The van der Waals surface area contributed by atoms with Crippen LogP contribution in [0.1, 0.15) is 34.6 Å². The number of benzene rings is 2. The van der Waals surface area contributed by atoms with Crippen LogP contribution in [0.4, 0.5) is 11.4 Å². The third-order valence-electron chi connectivity index (χ3n) is 6.51. The molecule has 4 atom stereocenters. The van der Waals surface area contributed by atoms with Gasteiger partial charge in [0, 0.05) is 28.1 Å². The van der Waals surface area contributed by atoms with E-state index in [1.165, 1.54) is 13.8 Å². The van der Waals surface area contributed by atoms with E-state index in [1.807, 2.05) is 113 Å². The molecule has 23 nitrogen and oxygen atoms in total. The Morgan fingerprint density at radius 3 is 1.38 bits per heavy atom. The van der Waals surface area contributed by atoms with E-state index in [0.29, 0.717) is 25.7 Å². The van der Waals surface area contributed by atoms with Crippen LogP contribution in [-0.4, -0.2) is 132 Å². The van der Waals surface area contributed by atoms with Crippen molar-refractivity contribution in [1.29, 1.82) is 0 Å². The summed E-state index contributed by atoms with van der Waals surface area (Å²) in [6.07, 6.45) is -5.87. The van der Waals surface area contributed by atoms with Gasteiger partial charge in [-0.05, 0) is 148 Å². The average Bonchev–Trinajstić information content (AvgIpc) is 3.53. The van der Waals surface area contributed by atoms with Gasteiger partial charge in [0.05, 0.1) is 36.2 Å². The Balaban J connectivity index is 0.000000460. The maximum Gasteiger partial charge on any atom is 0.394 e. The van der Waals surface area contributed by atoms with Crippen molar-refractivity contribution in [2.75, 3.05) is 23.8 Å². The number of carboxylic acid groups (broad SMARTS) is 1. The second kappa shape index (κ2) is 24.8. The van der Waals surface area contributed by atoms with E-state index < -0.39 is 94.9 Å². The van der Waals surface area contributed by atoms with Gasteiger partial charge >= 0.3 is 34.3 Å². The van der Waals surface area contributed by atoms with Crippen LogP contribution >= 0.6 is 136 Å². The number of carboxylic acids is 1. The molecule has 0 bridgehead atoms. The van der Waals surface area contributed by atoms with Crippen LogP contribution in [0.25, 0.3) is 0 Å². The Labute approximate surface area is 419 Å². The molecule has 2 aliphatic rings. The molecule has 0 radical (unpaired) electrons. The number of nitrogens with one attached hydrogen (secondary N) is 2. The quantitative estimate of drug-likeness (QED) is 0.0741. The third kappa shape index (κ3) is 16.6. The molecular formula is C30H28I6N2O21S. The summed E-state index contributed by atoms with van der Waals surface area (Å²) < 4.78 is 49.4. The number of ether oxygens (including phenoxy) is 3. The fourth-order valence-electron chi connectivity index (χ4n) is 4.02. The number of hydrogen-bond acceptors (Lipinski definition) is 18. The van der Waals surface area contributed by atoms with Gasteiger partial charge in [0.1, 0.15) is 18.8 Å². The molecular weight excluding hydrogens is 1520 g/mol. The van der Waals surface area contributed by atoms with Gasteiger partial charge < -0.3 is 65.7 Å². The number of carbonyl (C=O) groups is 6. The van der Waals surface area contributed by atoms with E-state index in [4.69, 9.17) is 47.8 Å². The van der Waals surface area contributed by atoms with Crippen molar-refractivity contribution in [3.8, 4) is 0 Å². The number of carbonyl (C=O) groups excluding carboxylic acids is 5. The van der Waals surface area contributed by atoms with Gasteiger partial charge in [-0.15, -0.1) is 0 Å². The lowest BCUT2D eigenvalue weighted by Gasteiger charge is -2.18. The van der Waals surface area contributed by atoms with Crippen molar-refractivity contribution in [3.63, 3.8) is 0 Å². The van der Waals surface area contributed by atoms with Crippen LogP contribution in [0.3, 0.4) is 0 Å². The molecule has 0 spiro atoms. The smallest absolute Gasteiger partial charge is 0.394 e. The van der Waals surface area contributed by atoms with Gasteiger partial charge in [0.2, 0.25) is 23.3 Å². The SMILES string of the molecule is CC(=O)Nc1c(I)cc(I)c(C(=O)O)c1I.CC(=O)Nc1c(I)cc(I)c(C(=O)OCC(O)C2OC(=O)C(O)=C2O)c1I.O=C1OC(C(O)CO)C(O)=C1O.O=S(=O)(O)O. The molecule has 4 rings (SSSR count). The van der Waals surface area contributed by atoms with E-state index >= 15 is 0 Å². The predicted molar refractivity (Wildman–Crippen MR) is 253 cm³/mol. The second-order valence-electron chi connectivity index (χ2n) is 11.0. The third-order valence-corrected chi connectivity index (χ3v) is 12.1. The van der Waals surface area contributed by atoms with Gasteiger partial charge in [-0.2, -0.15) is 8.42 Å². The Morgan fingerprint density at radius 2 is 1.07 bits per heavy atom. The van der Waals surface area contributed by atoms with Gasteiger partial charge in [-0.3, -0.25) is 18.7 Å². The highest BCUT2D eigenvalue weighted by Crippen LogP contribution is 2.33. The normalized spacial score (nSPS) is 16.7. The molecule has 2 heterocycles. The summed E-state index contributed by atoms with van der Waals surface area (Å²) in [6.45, 7) is 1.47. The molecule has 12 N–H and O–H groups in total. The first-order chi connectivity index (χ1) is 27.5. The van der Waals surface area contributed by atoms with Crippen molar-refractivity contribution >= 4 is 193 Å². The summed E-state index contributed by atoms with van der Waals surface area (Å²) in [6, 6.07) is 3.42. The first-order valence-corrected chi connectivity index (χ1v) is 23.0. The lowest BCUT2D eigenvalue weighted by atomic mass is 10.1. The molecule has 2 aromatic rings. The van der Waals surface area contributed by atoms with Crippen molar-refractivity contribution in [3.05, 3.63) is 67.7 Å². The number of amides is 2. The van der Waals surface area contributed by atoms with Gasteiger partial charge in [-0.25, -0.2) is 19.2 Å². The van der Waals surface area contributed by atoms with E-state index in [9.17, 15) is 44.1 Å². The van der Waals surface area contributed by atoms with Crippen molar-refractivity contribution in [1.82, 2.24) is 0 Å². The second-order valence-corrected chi connectivity index (χ2v) is 18.7. The summed E-state index contributed by atoms with van der Waals surface area (Å²) in [4.78, 5) is 67.6. The topological polar surface area (TPSA) is 391 Å². The summed E-state index contributed by atoms with van der Waals surface area (Å²) in [5.41, 5.74) is 1.45. The molecule has 332 valence electrons. The number of cyclic esters (lactones) is 2. The summed E-state index contributed by atoms with van der Waals surface area (Å²) in [7, 11) is -4.67. The monoisotopic (exact) mass is 1550 g/mol. The Hall–Kier alpha value is -1.93. The lowest BCUT2D eigenvalue weighted by molar-refractivity contribution is -0.148. The number of aliphatic hydroxyl groups is 7. The number of halogens is 6. The number of aliphatic hydroxyl groups excluding tert-OH is 7. The Bertz CT molecular complexity index is 2210. The molecule has 2 aliphatic heterocycles. The number of esters is 3. The summed E-state index contributed by atoms with van der Waals surface area (Å²) >= 11 is 11.9. The molecule has 2 aromatic carbocycles. The summed E-state index contributed by atoms with van der Waals surface area (Å²) in [5, 5.41) is 78.2. The van der Waals surface area contributed by atoms with Crippen LogP contribution in [0.5, 0.6) is 0 Å². The largest absolute Gasteiger partial charge is 0.505 e. The van der Waals surface area contributed by atoms with Crippen LogP contribution in [0, 0.1) is 21.4 Å². The zero-order valence-electron chi connectivity index (χ0n) is 29.5. The molecule has 0 aromatic heterocycles. The van der Waals surface area contributed by atoms with E-state index in [-0.39, 0.29) is 22.9 Å². The molecule has 0 saturated carbocycles. The average molecular weight is 1550 g/mol.